The van der Waals surface area contributed by atoms with Crippen molar-refractivity contribution in [1.82, 2.24) is 19.8 Å². The summed E-state index contributed by atoms with van der Waals surface area (Å²) in [6.07, 6.45) is 9.03. The molecule has 2 fully saturated rings. The van der Waals surface area contributed by atoms with E-state index in [2.05, 4.69) is 10.3 Å². The molecule has 0 radical (unpaired) electrons. The zero-order valence-electron chi connectivity index (χ0n) is 17.8. The maximum Gasteiger partial charge on any atom is 0.262 e. The van der Waals surface area contributed by atoms with Crippen LogP contribution in [0.1, 0.15) is 68.1 Å². The monoisotopic (exact) mass is 442 g/mol. The molecule has 31 heavy (non-hydrogen) atoms. The molecule has 2 aliphatic rings. The van der Waals surface area contributed by atoms with E-state index in [1.54, 1.807) is 22.8 Å². The second-order valence-corrected chi connectivity index (χ2v) is 9.03. The SMILES string of the molecule is O=C(NC1CCCCCC1)c1ccc2c(=O)n(CCCN3CCCC3=O)c(=S)[nH]c2c1. The minimum Gasteiger partial charge on any atom is -0.349 e. The molecule has 2 heterocycles. The molecule has 2 N–H and O–H groups in total. The van der Waals surface area contributed by atoms with E-state index in [0.717, 1.165) is 38.6 Å². The molecule has 7 nitrogen and oxygen atoms in total. The second kappa shape index (κ2) is 9.77. The van der Waals surface area contributed by atoms with Crippen LogP contribution in [-0.4, -0.2) is 45.4 Å². The van der Waals surface area contributed by atoms with Crippen LogP contribution in [0.25, 0.3) is 10.9 Å². The summed E-state index contributed by atoms with van der Waals surface area (Å²) in [4.78, 5) is 42.4. The Morgan fingerprint density at radius 1 is 1.10 bits per heavy atom. The fourth-order valence-electron chi connectivity index (χ4n) is 4.65. The maximum atomic E-state index is 13.0. The Kier molecular flexibility index (Phi) is 6.85. The standard InChI is InChI=1S/C23H30N4O3S/c28-20-9-5-12-26(20)13-6-14-27-22(30)18-11-10-16(15-19(18)25-23(27)31)21(29)24-17-7-3-1-2-4-8-17/h10-11,15,17H,1-9,12-14H2,(H,24,29)(H,25,31). The lowest BCUT2D eigenvalue weighted by Crippen LogP contribution is -2.34. The topological polar surface area (TPSA) is 87.2 Å². The van der Waals surface area contributed by atoms with Crippen molar-refractivity contribution in [3.05, 3.63) is 38.9 Å². The molecule has 4 rings (SSSR count). The van der Waals surface area contributed by atoms with Crippen LogP contribution in [0.15, 0.2) is 23.0 Å². The Morgan fingerprint density at radius 2 is 1.87 bits per heavy atom. The Bertz CT molecular complexity index is 1080. The highest BCUT2D eigenvalue weighted by Gasteiger charge is 2.20. The number of aromatic nitrogens is 2. The lowest BCUT2D eigenvalue weighted by molar-refractivity contribution is -0.127. The van der Waals surface area contributed by atoms with Crippen molar-refractivity contribution >= 4 is 34.9 Å². The second-order valence-electron chi connectivity index (χ2n) is 8.65. The summed E-state index contributed by atoms with van der Waals surface area (Å²) in [5, 5.41) is 3.66. The molecule has 0 spiro atoms. The molecule has 1 saturated heterocycles. The first-order valence-electron chi connectivity index (χ1n) is 11.4. The number of rotatable bonds is 6. The van der Waals surface area contributed by atoms with Gasteiger partial charge in [0.15, 0.2) is 4.77 Å². The number of carbonyl (C=O) groups excluding carboxylic acids is 2. The number of fused-ring (bicyclic) bond motifs is 1. The minimum atomic E-state index is -0.165. The van der Waals surface area contributed by atoms with Gasteiger partial charge in [-0.25, -0.2) is 0 Å². The number of nitrogens with one attached hydrogen (secondary N) is 2. The summed E-state index contributed by atoms with van der Waals surface area (Å²) in [6.45, 7) is 1.89. The highest BCUT2D eigenvalue weighted by molar-refractivity contribution is 7.71. The van der Waals surface area contributed by atoms with Crippen molar-refractivity contribution < 1.29 is 9.59 Å². The fourth-order valence-corrected chi connectivity index (χ4v) is 4.94. The van der Waals surface area contributed by atoms with E-state index in [9.17, 15) is 14.4 Å². The van der Waals surface area contributed by atoms with Gasteiger partial charge in [-0.15, -0.1) is 0 Å². The van der Waals surface area contributed by atoms with Crippen molar-refractivity contribution in [3.8, 4) is 0 Å². The molecule has 1 aromatic heterocycles. The highest BCUT2D eigenvalue weighted by atomic mass is 32.1. The van der Waals surface area contributed by atoms with Crippen molar-refractivity contribution in [3.63, 3.8) is 0 Å². The maximum absolute atomic E-state index is 13.0. The van der Waals surface area contributed by atoms with E-state index in [1.165, 1.54) is 12.8 Å². The van der Waals surface area contributed by atoms with E-state index >= 15 is 0 Å². The molecule has 0 bridgehead atoms. The average Bonchev–Trinajstić information content (AvgIpc) is 2.99. The first-order chi connectivity index (χ1) is 15.0. The van der Waals surface area contributed by atoms with Crippen molar-refractivity contribution in [2.75, 3.05) is 13.1 Å². The van der Waals surface area contributed by atoms with Crippen LogP contribution in [0.5, 0.6) is 0 Å². The van der Waals surface area contributed by atoms with Gasteiger partial charge in [-0.3, -0.25) is 19.0 Å². The van der Waals surface area contributed by atoms with Crippen LogP contribution in [0, 0.1) is 4.77 Å². The molecule has 166 valence electrons. The Balaban J connectivity index is 1.48. The van der Waals surface area contributed by atoms with Crippen LogP contribution in [0.2, 0.25) is 0 Å². The average molecular weight is 443 g/mol. The summed E-state index contributed by atoms with van der Waals surface area (Å²) in [7, 11) is 0. The summed E-state index contributed by atoms with van der Waals surface area (Å²) >= 11 is 5.42. The predicted octanol–water partition coefficient (Wildman–Crippen LogP) is 3.52. The van der Waals surface area contributed by atoms with E-state index < -0.39 is 0 Å². The van der Waals surface area contributed by atoms with Crippen LogP contribution in [0.4, 0.5) is 0 Å². The third-order valence-corrected chi connectivity index (χ3v) is 6.74. The first-order valence-corrected chi connectivity index (χ1v) is 11.8. The molecule has 1 aliphatic heterocycles. The van der Waals surface area contributed by atoms with Crippen LogP contribution in [-0.2, 0) is 11.3 Å². The van der Waals surface area contributed by atoms with E-state index in [4.69, 9.17) is 12.2 Å². The van der Waals surface area contributed by atoms with Gasteiger partial charge in [0, 0.05) is 37.7 Å². The van der Waals surface area contributed by atoms with Gasteiger partial charge in [0.25, 0.3) is 11.5 Å². The van der Waals surface area contributed by atoms with Gasteiger partial charge < -0.3 is 15.2 Å². The van der Waals surface area contributed by atoms with Gasteiger partial charge in [0.1, 0.15) is 0 Å². The van der Waals surface area contributed by atoms with Crippen molar-refractivity contribution in [1.29, 1.82) is 0 Å². The zero-order valence-corrected chi connectivity index (χ0v) is 18.6. The molecule has 2 aromatic rings. The molecule has 1 saturated carbocycles. The van der Waals surface area contributed by atoms with E-state index in [0.29, 0.717) is 47.2 Å². The number of hydrogen-bond donors (Lipinski definition) is 2. The van der Waals surface area contributed by atoms with Gasteiger partial charge >= 0.3 is 0 Å². The smallest absolute Gasteiger partial charge is 0.262 e. The number of carbonyl (C=O) groups is 2. The Hall–Kier alpha value is -2.48. The van der Waals surface area contributed by atoms with Crippen molar-refractivity contribution in [2.45, 2.75) is 70.4 Å². The molecule has 0 atom stereocenters. The number of H-pyrrole nitrogens is 1. The number of likely N-dealkylation sites (tertiary alicyclic amines) is 1. The quantitative estimate of drug-likeness (QED) is 0.529. The minimum absolute atomic E-state index is 0.104. The molecule has 1 aromatic carbocycles. The van der Waals surface area contributed by atoms with Gasteiger partial charge in [0.05, 0.1) is 10.9 Å². The number of nitrogens with zero attached hydrogens (tertiary/aromatic N) is 2. The molecule has 0 unspecified atom stereocenters. The third-order valence-electron chi connectivity index (χ3n) is 6.42. The number of amides is 2. The normalized spacial score (nSPS) is 17.8. The largest absolute Gasteiger partial charge is 0.349 e. The van der Waals surface area contributed by atoms with Gasteiger partial charge in [-0.2, -0.15) is 0 Å². The molecular formula is C23H30N4O3S. The number of benzene rings is 1. The van der Waals surface area contributed by atoms with Gasteiger partial charge in [-0.1, -0.05) is 25.7 Å². The molecule has 8 heteroatoms. The first kappa shape index (κ1) is 21.7. The highest BCUT2D eigenvalue weighted by Crippen LogP contribution is 2.18. The predicted molar refractivity (Wildman–Crippen MR) is 123 cm³/mol. The molecular weight excluding hydrogens is 412 g/mol. The summed E-state index contributed by atoms with van der Waals surface area (Å²) in [5.74, 6) is 0.0817. The summed E-state index contributed by atoms with van der Waals surface area (Å²) < 4.78 is 1.88. The third kappa shape index (κ3) is 5.06. The number of hydrogen-bond acceptors (Lipinski definition) is 4. The number of aromatic amines is 1. The van der Waals surface area contributed by atoms with Crippen molar-refractivity contribution in [2.24, 2.45) is 0 Å². The molecule has 1 aliphatic carbocycles. The summed E-state index contributed by atoms with van der Waals surface area (Å²) in [6, 6.07) is 5.34. The lowest BCUT2D eigenvalue weighted by Gasteiger charge is -2.17. The van der Waals surface area contributed by atoms with E-state index in [1.807, 2.05) is 4.90 Å². The van der Waals surface area contributed by atoms with Gasteiger partial charge in [0.2, 0.25) is 5.91 Å². The van der Waals surface area contributed by atoms with Crippen LogP contribution in [0.3, 0.4) is 0 Å². The fraction of sp³-hybridized carbons (Fsp3) is 0.565. The zero-order chi connectivity index (χ0) is 21.8. The summed E-state index contributed by atoms with van der Waals surface area (Å²) in [5.41, 5.74) is 0.948. The van der Waals surface area contributed by atoms with E-state index in [-0.39, 0.29) is 23.4 Å². The Morgan fingerprint density at radius 3 is 2.58 bits per heavy atom. The van der Waals surface area contributed by atoms with Crippen LogP contribution < -0.4 is 10.9 Å². The Labute approximate surface area is 186 Å². The van der Waals surface area contributed by atoms with Crippen LogP contribution >= 0.6 is 12.2 Å². The van der Waals surface area contributed by atoms with Gasteiger partial charge in [-0.05, 0) is 56.1 Å². The lowest BCUT2D eigenvalue weighted by atomic mass is 10.1. The molecule has 2 amide bonds.